The van der Waals surface area contributed by atoms with Gasteiger partial charge in [-0.2, -0.15) is 0 Å². The molecule has 0 aliphatic carbocycles. The number of carbonyl (C=O) groups excluding carboxylic acids is 3. The van der Waals surface area contributed by atoms with Gasteiger partial charge in [-0.15, -0.1) is 0 Å². The molecule has 624 valence electrons. The predicted octanol–water partition coefficient (Wildman–Crippen LogP) is 25.8. The molecule has 0 heterocycles. The minimum absolute atomic E-state index is 0.0759. The van der Waals surface area contributed by atoms with Crippen LogP contribution in [0.25, 0.3) is 0 Å². The zero-order valence-corrected chi connectivity index (χ0v) is 70.2. The molecular weight excluding hydrogens is 1410 g/mol. The zero-order chi connectivity index (χ0) is 79.4. The smallest absolute Gasteiger partial charge is 0.463 e. The Hall–Kier alpha value is -4.83. The predicted molar refractivity (Wildman–Crippen MR) is 454 cm³/mol. The van der Waals surface area contributed by atoms with Crippen LogP contribution in [0.5, 0.6) is 0 Å². The van der Waals surface area contributed by atoms with E-state index >= 15 is 0 Å². The van der Waals surface area contributed by atoms with Crippen molar-refractivity contribution >= 4 is 33.6 Å². The molecule has 109 heavy (non-hydrogen) atoms. The summed E-state index contributed by atoms with van der Waals surface area (Å²) in [5, 5.41) is 20.7. The van der Waals surface area contributed by atoms with Crippen LogP contribution in [-0.4, -0.2) is 95.9 Å². The molecule has 18 heteroatoms. The van der Waals surface area contributed by atoms with Crippen molar-refractivity contribution in [3.63, 3.8) is 0 Å². The summed E-state index contributed by atoms with van der Waals surface area (Å²) in [6.45, 7) is 2.50. The first-order valence-electron chi connectivity index (χ1n) is 42.8. The summed E-state index contributed by atoms with van der Waals surface area (Å²) < 4.78 is 61.3. The SMILES string of the molecule is CC/C=C\C/C=C\C/C=C\C/C=C\C/C=C\CCCCCCCCCC(=O)OCC(COP(=O)(O)OCC(O)COP(=O)(O)OCC(O)COC(=O)CCCCCCCCCCCCCCC/C=C\C/C=C\C/C=C\C/C=C\CCCCC)OC(=O)CCCCCCC/C=C\C/C=C\C/C=C\C/C=C\CCCCC. The van der Waals surface area contributed by atoms with Gasteiger partial charge in [0.25, 0.3) is 0 Å². The second kappa shape index (κ2) is 82.6. The van der Waals surface area contributed by atoms with Gasteiger partial charge in [-0.25, -0.2) is 9.13 Å². The van der Waals surface area contributed by atoms with Crippen molar-refractivity contribution in [1.29, 1.82) is 0 Å². The van der Waals surface area contributed by atoms with Crippen LogP contribution in [0.2, 0.25) is 0 Å². The van der Waals surface area contributed by atoms with Gasteiger partial charge in [0.15, 0.2) is 6.10 Å². The molecule has 0 rings (SSSR count). The fraction of sp³-hybridized carbons (Fsp3) is 0.681. The number of aliphatic hydroxyl groups excluding tert-OH is 2. The van der Waals surface area contributed by atoms with Gasteiger partial charge in [0.1, 0.15) is 25.4 Å². The van der Waals surface area contributed by atoms with Gasteiger partial charge in [-0.05, 0) is 154 Å². The normalized spacial score (nSPS) is 14.7. The van der Waals surface area contributed by atoms with Gasteiger partial charge in [-0.3, -0.25) is 32.5 Å². The Morgan fingerprint density at radius 3 is 0.771 bits per heavy atom. The van der Waals surface area contributed by atoms with Gasteiger partial charge in [0.2, 0.25) is 0 Å². The lowest BCUT2D eigenvalue weighted by Gasteiger charge is -2.21. The van der Waals surface area contributed by atoms with Crippen LogP contribution in [0.4, 0.5) is 0 Å². The molecule has 16 nitrogen and oxygen atoms in total. The van der Waals surface area contributed by atoms with Crippen LogP contribution in [0.3, 0.4) is 0 Å². The van der Waals surface area contributed by atoms with Crippen molar-refractivity contribution in [3.05, 3.63) is 158 Å². The van der Waals surface area contributed by atoms with Crippen molar-refractivity contribution in [1.82, 2.24) is 0 Å². The molecule has 0 spiro atoms. The number of unbranched alkanes of at least 4 members (excludes halogenated alkanes) is 31. The van der Waals surface area contributed by atoms with Gasteiger partial charge in [-0.1, -0.05) is 326 Å². The third-order valence-corrected chi connectivity index (χ3v) is 19.6. The van der Waals surface area contributed by atoms with Crippen LogP contribution in [0.15, 0.2) is 158 Å². The van der Waals surface area contributed by atoms with E-state index in [-0.39, 0.29) is 19.3 Å². The van der Waals surface area contributed by atoms with E-state index in [1.807, 2.05) is 0 Å². The summed E-state index contributed by atoms with van der Waals surface area (Å²) in [5.74, 6) is -1.61. The third kappa shape index (κ3) is 83.9. The molecule has 5 atom stereocenters. The lowest BCUT2D eigenvalue weighted by Crippen LogP contribution is -2.30. The van der Waals surface area contributed by atoms with Crippen LogP contribution in [-0.2, 0) is 55.8 Å². The van der Waals surface area contributed by atoms with Crippen molar-refractivity contribution in [3.8, 4) is 0 Å². The molecule has 5 unspecified atom stereocenters. The highest BCUT2D eigenvalue weighted by Gasteiger charge is 2.29. The minimum Gasteiger partial charge on any atom is -0.463 e. The second-order valence-electron chi connectivity index (χ2n) is 28.2. The van der Waals surface area contributed by atoms with Gasteiger partial charge >= 0.3 is 33.6 Å². The summed E-state index contributed by atoms with van der Waals surface area (Å²) in [6, 6.07) is 0. The van der Waals surface area contributed by atoms with Gasteiger partial charge < -0.3 is 34.2 Å². The van der Waals surface area contributed by atoms with Crippen LogP contribution in [0.1, 0.15) is 342 Å². The van der Waals surface area contributed by atoms with Crippen LogP contribution >= 0.6 is 15.6 Å². The first kappa shape index (κ1) is 104. The summed E-state index contributed by atoms with van der Waals surface area (Å²) >= 11 is 0. The van der Waals surface area contributed by atoms with E-state index in [0.29, 0.717) is 19.3 Å². The summed E-state index contributed by atoms with van der Waals surface area (Å²) in [4.78, 5) is 58.9. The van der Waals surface area contributed by atoms with Crippen molar-refractivity contribution < 1.29 is 75.8 Å². The number of hydrogen-bond acceptors (Lipinski definition) is 14. The van der Waals surface area contributed by atoms with E-state index in [1.165, 1.54) is 103 Å². The zero-order valence-electron chi connectivity index (χ0n) is 68.4. The number of phosphoric ester groups is 2. The van der Waals surface area contributed by atoms with Gasteiger partial charge in [0.05, 0.1) is 26.4 Å². The number of ether oxygens (including phenoxy) is 3. The average molecular weight is 1570 g/mol. The highest BCUT2D eigenvalue weighted by molar-refractivity contribution is 7.47. The maximum absolute atomic E-state index is 13.0. The van der Waals surface area contributed by atoms with Crippen molar-refractivity contribution in [2.45, 2.75) is 360 Å². The Kier molecular flexibility index (Phi) is 79.0. The molecule has 0 aliphatic rings. The first-order valence-corrected chi connectivity index (χ1v) is 45.8. The molecule has 0 bridgehead atoms. The standard InChI is InChI=1S/C91H154O16P2/c1-4-7-10-13-16-19-22-25-28-31-34-37-39-40-41-42-43-44-46-49-50-53-56-59-62-65-68-71-74-77-89(94)101-80-86(92)81-103-108(97,98)104-82-87(93)83-105-109(99,100)106-85-88(107-91(96)79-76-73-70-67-64-61-58-55-52-47-36-33-30-27-24-21-18-15-12-9-6-3)84-102-90(95)78-75-72-69-66-63-60-57-54-51-48-45-38-35-32-29-26-23-20-17-14-11-8-5-2/h8,11,16-21,25-30,34-38,40-41,47-48,51,55,58,86-88,92-93H,4-7,9-10,12-15,22-24,31-33,39,42-46,49-50,52-54,56-57,59-85H2,1-3H3,(H,97,98)(H,99,100)/b11-8-,19-16-,20-17-,21-18-,28-25-,29-26-,30-27-,37-34-,38-35-,41-40-,47-36-,51-48-,58-55-. The monoisotopic (exact) mass is 1570 g/mol. The van der Waals surface area contributed by atoms with E-state index in [4.69, 9.17) is 32.3 Å². The molecule has 0 saturated carbocycles. The highest BCUT2D eigenvalue weighted by atomic mass is 31.2. The maximum Gasteiger partial charge on any atom is 0.472 e. The number of carbonyl (C=O) groups is 3. The largest absolute Gasteiger partial charge is 0.472 e. The van der Waals surface area contributed by atoms with Crippen molar-refractivity contribution in [2.24, 2.45) is 0 Å². The Morgan fingerprint density at radius 1 is 0.266 bits per heavy atom. The minimum atomic E-state index is -4.95. The first-order chi connectivity index (χ1) is 53.2. The topological polar surface area (TPSA) is 231 Å². The molecule has 0 aromatic heterocycles. The molecular formula is C91H154O16P2. The number of hydrogen-bond donors (Lipinski definition) is 4. The number of aliphatic hydroxyl groups is 2. The molecule has 0 amide bonds. The third-order valence-electron chi connectivity index (χ3n) is 17.7. The highest BCUT2D eigenvalue weighted by Crippen LogP contribution is 2.45. The average Bonchev–Trinajstić information content (AvgIpc) is 0.904. The van der Waals surface area contributed by atoms with Crippen LogP contribution in [0, 0.1) is 0 Å². The summed E-state index contributed by atoms with van der Waals surface area (Å²) in [7, 11) is -9.82. The Balaban J connectivity index is 4.65. The van der Waals surface area contributed by atoms with E-state index < -0.39 is 91.5 Å². The molecule has 0 saturated heterocycles. The van der Waals surface area contributed by atoms with E-state index in [0.717, 1.165) is 180 Å². The number of phosphoric acid groups is 2. The van der Waals surface area contributed by atoms with E-state index in [9.17, 15) is 43.5 Å². The van der Waals surface area contributed by atoms with E-state index in [2.05, 4.69) is 179 Å². The molecule has 0 aromatic carbocycles. The van der Waals surface area contributed by atoms with Gasteiger partial charge in [0, 0.05) is 19.3 Å². The Labute approximate surface area is 663 Å². The maximum atomic E-state index is 13.0. The molecule has 0 aromatic rings. The number of rotatable bonds is 80. The number of allylic oxidation sites excluding steroid dienone is 26. The lowest BCUT2D eigenvalue weighted by atomic mass is 10.0. The quantitative estimate of drug-likeness (QED) is 0.0146. The molecule has 0 radical (unpaired) electrons. The van der Waals surface area contributed by atoms with Crippen LogP contribution < -0.4 is 0 Å². The molecule has 4 N–H and O–H groups in total. The molecule has 0 aliphatic heterocycles. The second-order valence-corrected chi connectivity index (χ2v) is 31.2. The Bertz CT molecular complexity index is 2610. The summed E-state index contributed by atoms with van der Waals surface area (Å²) in [5.41, 5.74) is 0. The fourth-order valence-corrected chi connectivity index (χ4v) is 12.8. The fourth-order valence-electron chi connectivity index (χ4n) is 11.2. The molecule has 0 fully saturated rings. The van der Waals surface area contributed by atoms with E-state index in [1.54, 1.807) is 0 Å². The lowest BCUT2D eigenvalue weighted by molar-refractivity contribution is -0.161. The summed E-state index contributed by atoms with van der Waals surface area (Å²) in [6.07, 6.45) is 104. The number of esters is 3. The van der Waals surface area contributed by atoms with Crippen molar-refractivity contribution in [2.75, 3.05) is 39.6 Å². The Morgan fingerprint density at radius 2 is 0.486 bits per heavy atom.